The number of hydrogen-bond donors (Lipinski definition) is 2. The second-order valence-corrected chi connectivity index (χ2v) is 5.41. The fourth-order valence-corrected chi connectivity index (χ4v) is 2.02. The molecular weight excluding hydrogens is 287 g/mol. The Kier molecular flexibility index (Phi) is 7.36. The Hall–Kier alpha value is -2.11. The number of alkyl carbamates (subject to hydrolysis) is 1. The van der Waals surface area contributed by atoms with Crippen molar-refractivity contribution in [1.29, 1.82) is 0 Å². The molecule has 0 aromatic heterocycles. The van der Waals surface area contributed by atoms with Crippen LogP contribution in [0.25, 0.3) is 0 Å². The van der Waals surface area contributed by atoms with Crippen LogP contribution in [0.4, 0.5) is 9.18 Å². The molecule has 1 aromatic rings. The topological polar surface area (TPSA) is 67.4 Å². The Labute approximate surface area is 130 Å². The van der Waals surface area contributed by atoms with Gasteiger partial charge in [0, 0.05) is 18.2 Å². The number of halogens is 1. The fraction of sp³-hybridized carbons (Fsp3) is 0.500. The molecule has 122 valence electrons. The second-order valence-electron chi connectivity index (χ2n) is 5.41. The summed E-state index contributed by atoms with van der Waals surface area (Å²) in [5.41, 5.74) is 0.376. The van der Waals surface area contributed by atoms with Gasteiger partial charge in [-0.15, -0.1) is 0 Å². The lowest BCUT2D eigenvalue weighted by Crippen LogP contribution is -2.44. The Morgan fingerprint density at radius 3 is 2.41 bits per heavy atom. The van der Waals surface area contributed by atoms with Crippen molar-refractivity contribution in [2.75, 3.05) is 13.2 Å². The van der Waals surface area contributed by atoms with Gasteiger partial charge in [0.15, 0.2) is 0 Å². The molecule has 1 aromatic carbocycles. The summed E-state index contributed by atoms with van der Waals surface area (Å²) in [7, 11) is 0. The monoisotopic (exact) mass is 310 g/mol. The molecule has 1 rings (SSSR count). The second kappa shape index (κ2) is 9.02. The third-order valence-electron chi connectivity index (χ3n) is 2.97. The normalized spacial score (nSPS) is 11.9. The number of rotatable bonds is 7. The molecule has 0 saturated heterocycles. The van der Waals surface area contributed by atoms with Crippen LogP contribution in [-0.2, 0) is 4.74 Å². The maximum atomic E-state index is 12.8. The highest BCUT2D eigenvalue weighted by Gasteiger charge is 2.16. The van der Waals surface area contributed by atoms with E-state index in [0.29, 0.717) is 24.5 Å². The highest BCUT2D eigenvalue weighted by molar-refractivity contribution is 5.94. The van der Waals surface area contributed by atoms with Gasteiger partial charge in [0.2, 0.25) is 0 Å². The Balaban J connectivity index is 2.56. The van der Waals surface area contributed by atoms with Gasteiger partial charge in [0.1, 0.15) is 5.82 Å². The quantitative estimate of drug-likeness (QED) is 0.813. The van der Waals surface area contributed by atoms with E-state index >= 15 is 0 Å². The lowest BCUT2D eigenvalue weighted by molar-refractivity contribution is 0.0944. The fourth-order valence-electron chi connectivity index (χ4n) is 2.02. The first-order valence-electron chi connectivity index (χ1n) is 7.39. The smallest absolute Gasteiger partial charge is 0.407 e. The summed E-state index contributed by atoms with van der Waals surface area (Å²) < 4.78 is 17.7. The first-order valence-corrected chi connectivity index (χ1v) is 7.39. The Morgan fingerprint density at radius 1 is 1.23 bits per heavy atom. The minimum atomic E-state index is -0.496. The largest absolute Gasteiger partial charge is 0.450 e. The highest BCUT2D eigenvalue weighted by Crippen LogP contribution is 2.06. The molecule has 0 heterocycles. The number of benzene rings is 1. The molecule has 0 saturated carbocycles. The number of carbonyl (C=O) groups is 2. The SMILES string of the molecule is CCOC(=O)NC(CNC(=O)c1ccc(F)cc1)CC(C)C. The van der Waals surface area contributed by atoms with Crippen LogP contribution in [0, 0.1) is 11.7 Å². The van der Waals surface area contributed by atoms with E-state index in [4.69, 9.17) is 4.74 Å². The zero-order valence-corrected chi connectivity index (χ0v) is 13.2. The van der Waals surface area contributed by atoms with Crippen LogP contribution in [0.2, 0.25) is 0 Å². The lowest BCUT2D eigenvalue weighted by Gasteiger charge is -2.20. The maximum absolute atomic E-state index is 12.8. The van der Waals surface area contributed by atoms with Crippen LogP contribution in [-0.4, -0.2) is 31.2 Å². The number of amides is 2. The van der Waals surface area contributed by atoms with Crippen LogP contribution in [0.3, 0.4) is 0 Å². The van der Waals surface area contributed by atoms with Crippen molar-refractivity contribution in [1.82, 2.24) is 10.6 Å². The predicted octanol–water partition coefficient (Wildman–Crippen LogP) is 2.72. The van der Waals surface area contributed by atoms with Gasteiger partial charge in [-0.3, -0.25) is 4.79 Å². The number of ether oxygens (including phenoxy) is 1. The standard InChI is InChI=1S/C16H23FN2O3/c1-4-22-16(21)19-14(9-11(2)3)10-18-15(20)12-5-7-13(17)8-6-12/h5-8,11,14H,4,9-10H2,1-3H3,(H,18,20)(H,19,21). The van der Waals surface area contributed by atoms with Crippen LogP contribution in [0.15, 0.2) is 24.3 Å². The van der Waals surface area contributed by atoms with Crippen LogP contribution >= 0.6 is 0 Å². The van der Waals surface area contributed by atoms with E-state index in [2.05, 4.69) is 10.6 Å². The van der Waals surface area contributed by atoms with Gasteiger partial charge in [0.05, 0.1) is 6.61 Å². The zero-order chi connectivity index (χ0) is 16.5. The molecule has 22 heavy (non-hydrogen) atoms. The van der Waals surface area contributed by atoms with E-state index < -0.39 is 11.9 Å². The summed E-state index contributed by atoms with van der Waals surface area (Å²) in [6.07, 6.45) is 0.215. The third kappa shape index (κ3) is 6.56. The van der Waals surface area contributed by atoms with Crippen molar-refractivity contribution in [2.45, 2.75) is 33.2 Å². The minimum Gasteiger partial charge on any atom is -0.450 e. The molecule has 0 bridgehead atoms. The zero-order valence-electron chi connectivity index (χ0n) is 13.2. The van der Waals surface area contributed by atoms with Crippen molar-refractivity contribution in [3.05, 3.63) is 35.6 Å². The number of carbonyl (C=O) groups excluding carboxylic acids is 2. The molecule has 0 aliphatic rings. The van der Waals surface area contributed by atoms with Gasteiger partial charge >= 0.3 is 6.09 Å². The summed E-state index contributed by atoms with van der Waals surface area (Å²) >= 11 is 0. The minimum absolute atomic E-state index is 0.219. The Morgan fingerprint density at radius 2 is 1.86 bits per heavy atom. The van der Waals surface area contributed by atoms with Crippen molar-refractivity contribution in [3.8, 4) is 0 Å². The predicted molar refractivity (Wildman–Crippen MR) is 82.1 cm³/mol. The van der Waals surface area contributed by atoms with E-state index in [1.165, 1.54) is 24.3 Å². The van der Waals surface area contributed by atoms with Gasteiger partial charge in [0.25, 0.3) is 5.91 Å². The van der Waals surface area contributed by atoms with Gasteiger partial charge in [-0.1, -0.05) is 13.8 Å². The van der Waals surface area contributed by atoms with Gasteiger partial charge in [-0.05, 0) is 43.5 Å². The molecule has 0 radical (unpaired) electrons. The third-order valence-corrected chi connectivity index (χ3v) is 2.97. The summed E-state index contributed by atoms with van der Waals surface area (Å²) in [4.78, 5) is 23.5. The van der Waals surface area contributed by atoms with E-state index in [1.807, 2.05) is 13.8 Å². The molecule has 0 aliphatic carbocycles. The molecule has 1 atom stereocenters. The lowest BCUT2D eigenvalue weighted by atomic mass is 10.0. The van der Waals surface area contributed by atoms with E-state index in [0.717, 1.165) is 0 Å². The number of hydrogen-bond acceptors (Lipinski definition) is 3. The summed E-state index contributed by atoms with van der Waals surface area (Å²) in [5.74, 6) is -0.340. The van der Waals surface area contributed by atoms with Crippen molar-refractivity contribution < 1.29 is 18.7 Å². The Bertz CT molecular complexity index is 489. The van der Waals surface area contributed by atoms with E-state index in [9.17, 15) is 14.0 Å². The van der Waals surface area contributed by atoms with Crippen LogP contribution < -0.4 is 10.6 Å². The van der Waals surface area contributed by atoms with Crippen molar-refractivity contribution >= 4 is 12.0 Å². The first kappa shape index (κ1) is 17.9. The molecule has 5 nitrogen and oxygen atoms in total. The van der Waals surface area contributed by atoms with Crippen LogP contribution in [0.1, 0.15) is 37.6 Å². The number of nitrogens with one attached hydrogen (secondary N) is 2. The van der Waals surface area contributed by atoms with Crippen molar-refractivity contribution in [2.24, 2.45) is 5.92 Å². The van der Waals surface area contributed by atoms with Gasteiger partial charge in [-0.2, -0.15) is 0 Å². The van der Waals surface area contributed by atoms with E-state index in [1.54, 1.807) is 6.92 Å². The van der Waals surface area contributed by atoms with Gasteiger partial charge < -0.3 is 15.4 Å². The molecular formula is C16H23FN2O3. The van der Waals surface area contributed by atoms with Crippen molar-refractivity contribution in [3.63, 3.8) is 0 Å². The summed E-state index contributed by atoms with van der Waals surface area (Å²) in [5, 5.41) is 5.47. The molecule has 6 heteroatoms. The maximum Gasteiger partial charge on any atom is 0.407 e. The summed E-state index contributed by atoms with van der Waals surface area (Å²) in [6.45, 7) is 6.37. The molecule has 1 unspecified atom stereocenters. The van der Waals surface area contributed by atoms with E-state index in [-0.39, 0.29) is 18.5 Å². The molecule has 0 spiro atoms. The van der Waals surface area contributed by atoms with Gasteiger partial charge in [-0.25, -0.2) is 9.18 Å². The molecule has 0 fully saturated rings. The molecule has 2 amide bonds. The average Bonchev–Trinajstić information content (AvgIpc) is 2.45. The molecule has 0 aliphatic heterocycles. The highest BCUT2D eigenvalue weighted by atomic mass is 19.1. The van der Waals surface area contributed by atoms with Crippen LogP contribution in [0.5, 0.6) is 0 Å². The summed E-state index contributed by atoms with van der Waals surface area (Å²) in [6, 6.07) is 5.08. The molecule has 2 N–H and O–H groups in total. The first-order chi connectivity index (χ1) is 10.4. The average molecular weight is 310 g/mol.